The largest absolute Gasteiger partial charge is 0.0844 e. The van der Waals surface area contributed by atoms with Gasteiger partial charge in [-0.05, 0) is 80.2 Å². The van der Waals surface area contributed by atoms with Crippen molar-refractivity contribution in [3.8, 4) is 0 Å². The van der Waals surface area contributed by atoms with Gasteiger partial charge in [0.15, 0.2) is 0 Å². The monoisotopic (exact) mass is 360 g/mol. The van der Waals surface area contributed by atoms with Crippen LogP contribution in [0.5, 0.6) is 0 Å². The molecule has 1 atom stereocenters. The second-order valence-corrected chi connectivity index (χ2v) is 10.00. The third-order valence-corrected chi connectivity index (χ3v) is 8.29. The normalized spacial score (nSPS) is 29.3. The highest BCUT2D eigenvalue weighted by Crippen LogP contribution is 2.51. The SMILES string of the molecule is C(CC1C(C2CCCCC2)=Cc2ccccc21)=C1CCCC2(CCCC2)C1. The van der Waals surface area contributed by atoms with E-state index in [1.807, 2.05) is 0 Å². The molecule has 1 aromatic carbocycles. The number of hydrogen-bond donors (Lipinski definition) is 0. The Morgan fingerprint density at radius 3 is 2.52 bits per heavy atom. The Morgan fingerprint density at radius 2 is 1.67 bits per heavy atom. The Balaban J connectivity index is 1.36. The van der Waals surface area contributed by atoms with Crippen molar-refractivity contribution in [2.75, 3.05) is 0 Å². The molecule has 4 aliphatic rings. The summed E-state index contributed by atoms with van der Waals surface area (Å²) in [6.45, 7) is 0. The summed E-state index contributed by atoms with van der Waals surface area (Å²) in [6.07, 6.45) is 25.4. The van der Waals surface area contributed by atoms with Crippen LogP contribution in [-0.4, -0.2) is 0 Å². The van der Waals surface area contributed by atoms with Gasteiger partial charge < -0.3 is 0 Å². The molecule has 3 fully saturated rings. The molecule has 0 amide bonds. The van der Waals surface area contributed by atoms with Crippen molar-refractivity contribution in [1.29, 1.82) is 0 Å². The van der Waals surface area contributed by atoms with Crippen LogP contribution in [0.1, 0.15) is 107 Å². The van der Waals surface area contributed by atoms with Gasteiger partial charge >= 0.3 is 0 Å². The van der Waals surface area contributed by atoms with E-state index < -0.39 is 0 Å². The van der Waals surface area contributed by atoms with Crippen molar-refractivity contribution < 1.29 is 0 Å². The minimum atomic E-state index is 0.665. The lowest BCUT2D eigenvalue weighted by atomic mass is 9.70. The Kier molecular flexibility index (Phi) is 5.01. The molecule has 1 aromatic rings. The molecule has 0 saturated heterocycles. The number of allylic oxidation sites excluding steroid dienone is 3. The van der Waals surface area contributed by atoms with Gasteiger partial charge in [-0.1, -0.05) is 79.7 Å². The molecule has 0 aromatic heterocycles. The molecule has 144 valence electrons. The van der Waals surface area contributed by atoms with Gasteiger partial charge in [0.25, 0.3) is 0 Å². The molecular weight excluding hydrogens is 324 g/mol. The first-order valence-electron chi connectivity index (χ1n) is 11.8. The lowest BCUT2D eigenvalue weighted by Crippen LogP contribution is -2.21. The van der Waals surface area contributed by atoms with Crippen LogP contribution in [0.15, 0.2) is 41.5 Å². The molecule has 0 aliphatic heterocycles. The molecule has 0 heteroatoms. The average Bonchev–Trinajstić information content (AvgIpc) is 3.32. The Bertz CT molecular complexity index is 722. The molecule has 4 aliphatic carbocycles. The highest BCUT2D eigenvalue weighted by atomic mass is 14.4. The number of hydrogen-bond acceptors (Lipinski definition) is 0. The summed E-state index contributed by atoms with van der Waals surface area (Å²) < 4.78 is 0. The van der Waals surface area contributed by atoms with Gasteiger partial charge in [0.1, 0.15) is 0 Å². The fourth-order valence-electron chi connectivity index (χ4n) is 6.88. The summed E-state index contributed by atoms with van der Waals surface area (Å²) in [6, 6.07) is 9.23. The second-order valence-electron chi connectivity index (χ2n) is 10.00. The predicted molar refractivity (Wildman–Crippen MR) is 116 cm³/mol. The maximum absolute atomic E-state index is 2.70. The highest BCUT2D eigenvalue weighted by Gasteiger charge is 2.36. The van der Waals surface area contributed by atoms with Gasteiger partial charge in [-0.2, -0.15) is 0 Å². The Morgan fingerprint density at radius 1 is 0.889 bits per heavy atom. The van der Waals surface area contributed by atoms with Gasteiger partial charge in [0.2, 0.25) is 0 Å². The second kappa shape index (κ2) is 7.61. The predicted octanol–water partition coefficient (Wildman–Crippen LogP) is 8.20. The van der Waals surface area contributed by atoms with E-state index in [0.717, 1.165) is 5.92 Å². The lowest BCUT2D eigenvalue weighted by molar-refractivity contribution is 0.234. The maximum atomic E-state index is 2.70. The summed E-state index contributed by atoms with van der Waals surface area (Å²) in [7, 11) is 0. The molecule has 0 bridgehead atoms. The van der Waals surface area contributed by atoms with E-state index in [1.165, 1.54) is 95.5 Å². The zero-order chi connectivity index (χ0) is 18.1. The molecular formula is C27H36. The van der Waals surface area contributed by atoms with Crippen LogP contribution >= 0.6 is 0 Å². The fraction of sp³-hybridized carbons (Fsp3) is 0.630. The standard InChI is InChI=1S/C27H36/c1-2-10-22(11-3-1)26-19-23-12-4-5-13-24(23)25(26)15-14-21-9-8-18-27(20-21)16-6-7-17-27/h4-5,12-14,19,22,25H,1-3,6-11,15-18,20H2. The van der Waals surface area contributed by atoms with Gasteiger partial charge in [-0.15, -0.1) is 0 Å². The molecule has 0 nitrogen and oxygen atoms in total. The van der Waals surface area contributed by atoms with Crippen LogP contribution in [0.25, 0.3) is 6.08 Å². The number of benzene rings is 1. The van der Waals surface area contributed by atoms with E-state index in [1.54, 1.807) is 16.7 Å². The van der Waals surface area contributed by atoms with Crippen LogP contribution in [0.3, 0.4) is 0 Å². The topological polar surface area (TPSA) is 0 Å². The highest BCUT2D eigenvalue weighted by molar-refractivity contribution is 5.67. The summed E-state index contributed by atoms with van der Waals surface area (Å²) in [4.78, 5) is 0. The van der Waals surface area contributed by atoms with E-state index in [-0.39, 0.29) is 0 Å². The van der Waals surface area contributed by atoms with Crippen molar-refractivity contribution in [1.82, 2.24) is 0 Å². The van der Waals surface area contributed by atoms with Gasteiger partial charge in [0.05, 0.1) is 0 Å². The van der Waals surface area contributed by atoms with Crippen molar-refractivity contribution >= 4 is 6.08 Å². The number of fused-ring (bicyclic) bond motifs is 1. The van der Waals surface area contributed by atoms with Crippen molar-refractivity contribution in [2.24, 2.45) is 11.3 Å². The summed E-state index contributed by atoms with van der Waals surface area (Å²) in [5.41, 5.74) is 7.41. The lowest BCUT2D eigenvalue weighted by Gasteiger charge is -2.35. The van der Waals surface area contributed by atoms with Crippen molar-refractivity contribution in [2.45, 2.75) is 95.8 Å². The molecule has 0 heterocycles. The Labute approximate surface area is 166 Å². The summed E-state index contributed by atoms with van der Waals surface area (Å²) >= 11 is 0. The quantitative estimate of drug-likeness (QED) is 0.476. The Hall–Kier alpha value is -1.30. The van der Waals surface area contributed by atoms with E-state index in [9.17, 15) is 0 Å². The minimum absolute atomic E-state index is 0.665. The van der Waals surface area contributed by atoms with Crippen LogP contribution < -0.4 is 0 Å². The van der Waals surface area contributed by atoms with E-state index in [2.05, 4.69) is 36.4 Å². The third-order valence-electron chi connectivity index (χ3n) is 8.29. The first-order chi connectivity index (χ1) is 13.3. The zero-order valence-electron chi connectivity index (χ0n) is 17.0. The van der Waals surface area contributed by atoms with Crippen LogP contribution in [0, 0.1) is 11.3 Å². The van der Waals surface area contributed by atoms with Crippen molar-refractivity contribution in [3.63, 3.8) is 0 Å². The van der Waals surface area contributed by atoms with Crippen LogP contribution in [0.4, 0.5) is 0 Å². The van der Waals surface area contributed by atoms with Gasteiger partial charge in [-0.3, -0.25) is 0 Å². The van der Waals surface area contributed by atoms with Crippen molar-refractivity contribution in [3.05, 3.63) is 52.6 Å². The van der Waals surface area contributed by atoms with Gasteiger partial charge in [-0.25, -0.2) is 0 Å². The molecule has 1 spiro atoms. The maximum Gasteiger partial charge on any atom is 0.00948 e. The first kappa shape index (κ1) is 17.8. The molecule has 27 heavy (non-hydrogen) atoms. The molecule has 0 radical (unpaired) electrons. The molecule has 1 unspecified atom stereocenters. The average molecular weight is 361 g/mol. The van der Waals surface area contributed by atoms with E-state index in [4.69, 9.17) is 0 Å². The summed E-state index contributed by atoms with van der Waals surface area (Å²) in [5.74, 6) is 1.51. The minimum Gasteiger partial charge on any atom is -0.0844 e. The van der Waals surface area contributed by atoms with Gasteiger partial charge in [0, 0.05) is 5.92 Å². The van der Waals surface area contributed by atoms with Crippen LogP contribution in [-0.2, 0) is 0 Å². The smallest absolute Gasteiger partial charge is 0.00948 e. The van der Waals surface area contributed by atoms with E-state index in [0.29, 0.717) is 11.3 Å². The molecule has 0 N–H and O–H groups in total. The first-order valence-corrected chi connectivity index (χ1v) is 11.8. The fourth-order valence-corrected chi connectivity index (χ4v) is 6.88. The molecule has 3 saturated carbocycles. The van der Waals surface area contributed by atoms with Crippen LogP contribution in [0.2, 0.25) is 0 Å². The third kappa shape index (κ3) is 3.57. The summed E-state index contributed by atoms with van der Waals surface area (Å²) in [5, 5.41) is 0. The zero-order valence-corrected chi connectivity index (χ0v) is 17.0. The number of rotatable bonds is 3. The van der Waals surface area contributed by atoms with E-state index >= 15 is 0 Å². The molecule has 5 rings (SSSR count).